The SMILES string of the molecule is CCCCCCCN1C(=N)N(CCCC[C@H]2CN=C(N)N2CCc2cccc(C(F)(F)F)c2)C[C@@H]1CC1CCCCC1.CCCCCCCN1C(=N)N(CCCC[C@H]2CN=C(N)N2CCc2cccc(C(F)(F)F)c2)C[C@@H]1CCCC.CCCC[C@H]1CN(CCCC[C@H]2CN=C(N)N2CCc2cccc(C(F)(F)F)c2)C(=N)N1CCCCC1CCCCC1.S.S.S.S.S.S. The Bertz CT molecular complexity index is 3700. The van der Waals surface area contributed by atoms with Gasteiger partial charge in [0.1, 0.15) is 0 Å². The molecule has 8 aliphatic rings. The second-order valence-corrected chi connectivity index (χ2v) is 36.7. The van der Waals surface area contributed by atoms with Gasteiger partial charge >= 0.3 is 18.5 Å². The Morgan fingerprint density at radius 3 is 0.915 bits per heavy atom. The minimum absolute atomic E-state index is 0. The molecule has 0 radical (unpaired) electrons. The third kappa shape index (κ3) is 38.8. The van der Waals surface area contributed by atoms with Crippen LogP contribution in [-0.2, 0) is 37.8 Å². The minimum atomic E-state index is -4.33. The van der Waals surface area contributed by atoms with Gasteiger partial charge in [-0.15, -0.1) is 0 Å². The van der Waals surface area contributed by atoms with Gasteiger partial charge in [-0.3, -0.25) is 31.2 Å². The van der Waals surface area contributed by atoms with Crippen molar-refractivity contribution in [1.82, 2.24) is 44.1 Å². The monoisotopic (exact) mass is 1940 g/mol. The van der Waals surface area contributed by atoms with E-state index in [0.717, 1.165) is 172 Å². The topological polar surface area (TPSA) is 216 Å². The van der Waals surface area contributed by atoms with Crippen LogP contribution in [0, 0.1) is 28.1 Å². The zero-order chi connectivity index (χ0) is 88.2. The van der Waals surface area contributed by atoms with Gasteiger partial charge in [-0.25, -0.2) is 0 Å². The maximum absolute atomic E-state index is 13.1. The number of aliphatic imine (C=N–C) groups is 3. The van der Waals surface area contributed by atoms with E-state index in [1.54, 1.807) is 18.2 Å². The summed E-state index contributed by atoms with van der Waals surface area (Å²) in [6, 6.07) is 18.6. The van der Waals surface area contributed by atoms with Gasteiger partial charge in [0.2, 0.25) is 0 Å². The summed E-state index contributed by atoms with van der Waals surface area (Å²) in [5, 5.41) is 26.8. The van der Waals surface area contributed by atoms with Crippen molar-refractivity contribution in [1.29, 1.82) is 16.2 Å². The molecule has 33 heteroatoms. The number of hydrogen-bond acceptors (Lipinski definition) is 12. The van der Waals surface area contributed by atoms with Gasteiger partial charge in [0.15, 0.2) is 35.8 Å². The van der Waals surface area contributed by atoms with Crippen LogP contribution < -0.4 is 17.2 Å². The number of unbranched alkanes of at least 4 members (excludes halogenated alkanes) is 14. The average Bonchev–Trinajstić information content (AvgIpc) is 1.68. The van der Waals surface area contributed by atoms with Gasteiger partial charge in [0.05, 0.1) is 54.5 Å². The molecule has 5 fully saturated rings. The van der Waals surface area contributed by atoms with Crippen molar-refractivity contribution in [2.24, 2.45) is 44.0 Å². The van der Waals surface area contributed by atoms with Crippen molar-refractivity contribution in [2.45, 2.75) is 352 Å². The van der Waals surface area contributed by atoms with E-state index < -0.39 is 35.2 Å². The normalized spacial score (nSPS) is 20.3. The molecule has 129 heavy (non-hydrogen) atoms. The maximum atomic E-state index is 13.1. The van der Waals surface area contributed by atoms with Crippen LogP contribution in [0.15, 0.2) is 87.8 Å². The lowest BCUT2D eigenvalue weighted by Gasteiger charge is -2.30. The highest BCUT2D eigenvalue weighted by Crippen LogP contribution is 2.37. The predicted octanol–water partition coefficient (Wildman–Crippen LogP) is 21.7. The molecule has 18 nitrogen and oxygen atoms in total. The molecule has 6 atom stereocenters. The largest absolute Gasteiger partial charge is 0.416 e. The first-order chi connectivity index (χ1) is 59.3. The number of nitrogens with two attached hydrogens (primary N) is 3. The molecule has 2 aliphatic carbocycles. The fraction of sp³-hybridized carbons (Fsp3) is 0.750. The zero-order valence-corrected chi connectivity index (χ0v) is 84.4. The van der Waals surface area contributed by atoms with Crippen LogP contribution in [-0.4, -0.2) is 214 Å². The van der Waals surface area contributed by atoms with Crippen molar-refractivity contribution in [3.8, 4) is 0 Å². The second kappa shape index (κ2) is 61.7. The first-order valence-electron chi connectivity index (χ1n) is 48.2. The van der Waals surface area contributed by atoms with Crippen molar-refractivity contribution < 1.29 is 39.5 Å². The third-order valence-electron chi connectivity index (χ3n) is 27.4. The van der Waals surface area contributed by atoms with Crippen LogP contribution in [0.1, 0.15) is 311 Å². The molecule has 0 amide bonds. The fourth-order valence-corrected chi connectivity index (χ4v) is 20.0. The van der Waals surface area contributed by atoms with Crippen LogP contribution in [0.4, 0.5) is 39.5 Å². The summed E-state index contributed by atoms with van der Waals surface area (Å²) >= 11 is 0. The molecule has 3 saturated heterocycles. The molecular weight excluding hydrogens is 1770 g/mol. The van der Waals surface area contributed by atoms with Gasteiger partial charge in [0.25, 0.3) is 0 Å². The van der Waals surface area contributed by atoms with Gasteiger partial charge in [-0.05, 0) is 162 Å². The smallest absolute Gasteiger partial charge is 0.370 e. The van der Waals surface area contributed by atoms with E-state index in [0.29, 0.717) is 123 Å². The van der Waals surface area contributed by atoms with Gasteiger partial charge in [-0.1, -0.05) is 236 Å². The van der Waals surface area contributed by atoms with E-state index in [-0.39, 0.29) is 99.1 Å². The van der Waals surface area contributed by atoms with E-state index in [2.05, 4.69) is 86.8 Å². The Labute approximate surface area is 811 Å². The van der Waals surface area contributed by atoms with Crippen molar-refractivity contribution in [2.75, 3.05) is 98.2 Å². The number of hydrogen-bond donors (Lipinski definition) is 6. The quantitative estimate of drug-likeness (QED) is 0.0230. The van der Waals surface area contributed by atoms with E-state index in [9.17, 15) is 39.5 Å². The number of nitrogens with one attached hydrogen (secondary N) is 3. The second-order valence-electron chi connectivity index (χ2n) is 36.7. The highest BCUT2D eigenvalue weighted by atomic mass is 32.1. The molecule has 0 bridgehead atoms. The minimum Gasteiger partial charge on any atom is -0.370 e. The summed E-state index contributed by atoms with van der Waals surface area (Å²) < 4.78 is 118. The molecule has 6 aliphatic heterocycles. The van der Waals surface area contributed by atoms with E-state index in [1.807, 2.05) is 0 Å². The van der Waals surface area contributed by atoms with Gasteiger partial charge in [-0.2, -0.15) is 120 Å². The average molecular weight is 1940 g/mol. The summed E-state index contributed by atoms with van der Waals surface area (Å²) in [7, 11) is 0. The molecule has 0 spiro atoms. The number of alkyl halides is 9. The Morgan fingerprint density at radius 2 is 0.589 bits per heavy atom. The predicted molar refractivity (Wildman–Crippen MR) is 548 cm³/mol. The molecule has 2 saturated carbocycles. The summed E-state index contributed by atoms with van der Waals surface area (Å²) in [6.45, 7) is 21.2. The lowest BCUT2D eigenvalue weighted by molar-refractivity contribution is -0.138. The third-order valence-corrected chi connectivity index (χ3v) is 27.4. The van der Waals surface area contributed by atoms with Crippen LogP contribution >= 0.6 is 81.0 Å². The van der Waals surface area contributed by atoms with Crippen molar-refractivity contribution in [3.63, 3.8) is 0 Å². The highest BCUT2D eigenvalue weighted by Gasteiger charge is 2.40. The molecule has 0 unspecified atom stereocenters. The number of guanidine groups is 6. The molecule has 3 aromatic carbocycles. The Balaban J connectivity index is 0.000000488. The highest BCUT2D eigenvalue weighted by molar-refractivity contribution is 7.60. The standard InChI is InChI=1S/2C33H53F3N6.C30H49F3N6.6H2S/c1-2-3-17-30-25-40(32(38)42(30)21-10-7-14-26-12-5-4-6-13-26)20-9-8-18-29-24-39-31(37)41(29)22-19-27-15-11-16-28(23-27)33(34,35)36;1-2-3-4-5-10-20-42-30(23-26-13-7-6-8-14-26)25-40(32(42)38)19-11-9-17-29-24-39-31(37)41(29)21-18-27-15-12-16-28(22-27)33(34,35)36;1-3-5-7-8-10-19-39-27(15-6-4-2)23-37(29(39)35)18-11-9-16-26-22-36-28(34)38(26)20-17-24-13-12-14-25(21-24)30(31,32)33;;;;;;/h11,15-16,23,26,29-30,38H,2-10,12-14,17-22,24-25H2,1H3,(H2,37,39);12,15-16,22,26,29-30,38H,2-11,13-14,17-21,23-25H2,1H3,(H2,37,39);12-14,21,26-27,35H,3-11,15-20,22-23H2,1-2H3,(H2,34,36);6*1H2/t2*29-,30-;26-,27-;;;;;;/m000....../s1. The summed E-state index contributed by atoms with van der Waals surface area (Å²) in [5.41, 5.74) is 18.6. The van der Waals surface area contributed by atoms with Gasteiger partial charge < -0.3 is 61.3 Å². The van der Waals surface area contributed by atoms with E-state index >= 15 is 0 Å². The van der Waals surface area contributed by atoms with Gasteiger partial charge in [0, 0.05) is 96.7 Å². The first kappa shape index (κ1) is 118. The number of rotatable bonds is 49. The van der Waals surface area contributed by atoms with Crippen molar-refractivity contribution >= 4 is 117 Å². The molecule has 740 valence electrons. The first-order valence-corrected chi connectivity index (χ1v) is 48.2. The van der Waals surface area contributed by atoms with Crippen LogP contribution in [0.3, 0.4) is 0 Å². The Morgan fingerprint density at radius 1 is 0.310 bits per heavy atom. The summed E-state index contributed by atoms with van der Waals surface area (Å²) in [6.07, 6.45) is 36.0. The molecule has 3 aromatic rings. The lowest BCUT2D eigenvalue weighted by atomic mass is 9.84. The van der Waals surface area contributed by atoms with Crippen LogP contribution in [0.25, 0.3) is 0 Å². The number of nitrogens with zero attached hydrogens (tertiary/aromatic N) is 12. The molecular formula is C96H167F9N18S6. The zero-order valence-electron chi connectivity index (χ0n) is 78.4. The maximum Gasteiger partial charge on any atom is 0.416 e. The Kier molecular flexibility index (Phi) is 56.4. The molecule has 11 rings (SSSR count). The lowest BCUT2D eigenvalue weighted by Crippen LogP contribution is -2.42. The Hall–Kier alpha value is -5.25. The summed E-state index contributed by atoms with van der Waals surface area (Å²) in [5.74, 6) is 5.35. The molecule has 0 aromatic heterocycles. The summed E-state index contributed by atoms with van der Waals surface area (Å²) in [4.78, 5) is 33.5. The number of halogens is 9. The molecule has 9 N–H and O–H groups in total. The van der Waals surface area contributed by atoms with E-state index in [4.69, 9.17) is 33.4 Å². The van der Waals surface area contributed by atoms with E-state index in [1.165, 1.54) is 210 Å². The molecule has 6 heterocycles. The van der Waals surface area contributed by atoms with Crippen LogP contribution in [0.2, 0.25) is 0 Å². The van der Waals surface area contributed by atoms with Crippen LogP contribution in [0.5, 0.6) is 0 Å². The van der Waals surface area contributed by atoms with Crippen molar-refractivity contribution in [3.05, 3.63) is 106 Å². The fourth-order valence-electron chi connectivity index (χ4n) is 20.0. The number of benzene rings is 3.